The van der Waals surface area contributed by atoms with Crippen molar-refractivity contribution in [3.8, 4) is 0 Å². The Kier molecular flexibility index (Phi) is 10.7. The van der Waals surface area contributed by atoms with Crippen LogP contribution in [0.2, 0.25) is 0 Å². The number of rotatable bonds is 7. The van der Waals surface area contributed by atoms with E-state index in [9.17, 15) is 0 Å². The summed E-state index contributed by atoms with van der Waals surface area (Å²) in [6.45, 7) is 2.93. The molecular weight excluding hydrogens is 423 g/mol. The monoisotopic (exact) mass is 452 g/mol. The van der Waals surface area contributed by atoms with Crippen molar-refractivity contribution in [2.24, 2.45) is 4.99 Å². The molecule has 0 saturated carbocycles. The Bertz CT molecular complexity index is 477. The van der Waals surface area contributed by atoms with E-state index in [4.69, 9.17) is 0 Å². The van der Waals surface area contributed by atoms with Crippen LogP contribution in [0.15, 0.2) is 4.99 Å². The van der Waals surface area contributed by atoms with Crippen molar-refractivity contribution < 1.29 is 0 Å². The smallest absolute Gasteiger partial charge is 0.191 e. The van der Waals surface area contributed by atoms with E-state index in [1.807, 2.05) is 18.8 Å². The number of fused-ring (bicyclic) bond motifs is 1. The maximum Gasteiger partial charge on any atom is 0.191 e. The summed E-state index contributed by atoms with van der Waals surface area (Å²) in [5.41, 5.74) is 0. The predicted molar refractivity (Wildman–Crippen MR) is 109 cm³/mol. The molecule has 1 aliphatic rings. The average molecular weight is 452 g/mol. The molecule has 0 aromatic carbocycles. The summed E-state index contributed by atoms with van der Waals surface area (Å²) in [4.78, 5) is 4.23. The maximum absolute atomic E-state index is 4.37. The second-order valence-corrected chi connectivity index (χ2v) is 6.50. The topological polar surface area (TPSA) is 67.1 Å². The fraction of sp³-hybridized carbons (Fsp3) is 0.800. The highest BCUT2D eigenvalue weighted by molar-refractivity contribution is 14.0. The standard InChI is InChI=1S/C15H28N6S.HI/c1-16-15(18-10-12-22-2)17-9-6-8-14-20-19-13-7-4-3-5-11-21(13)14;/h3-12H2,1-2H3,(H2,16,17,18);1H. The van der Waals surface area contributed by atoms with Crippen LogP contribution in [0.1, 0.15) is 37.3 Å². The highest BCUT2D eigenvalue weighted by Gasteiger charge is 2.13. The van der Waals surface area contributed by atoms with Gasteiger partial charge >= 0.3 is 0 Å². The second-order valence-electron chi connectivity index (χ2n) is 5.52. The van der Waals surface area contributed by atoms with Crippen LogP contribution in [-0.2, 0) is 19.4 Å². The van der Waals surface area contributed by atoms with Crippen LogP contribution in [0, 0.1) is 0 Å². The van der Waals surface area contributed by atoms with Crippen molar-refractivity contribution in [2.75, 3.05) is 32.1 Å². The van der Waals surface area contributed by atoms with Gasteiger partial charge in [-0.15, -0.1) is 34.2 Å². The summed E-state index contributed by atoms with van der Waals surface area (Å²) in [5, 5.41) is 15.4. The summed E-state index contributed by atoms with van der Waals surface area (Å²) in [6.07, 6.45) is 9.02. The zero-order valence-corrected chi connectivity index (χ0v) is 17.3. The summed E-state index contributed by atoms with van der Waals surface area (Å²) < 4.78 is 2.33. The van der Waals surface area contributed by atoms with Crippen LogP contribution in [-0.4, -0.2) is 52.9 Å². The fourth-order valence-electron chi connectivity index (χ4n) is 2.68. The van der Waals surface area contributed by atoms with E-state index in [1.165, 1.54) is 25.1 Å². The van der Waals surface area contributed by atoms with Crippen molar-refractivity contribution in [1.29, 1.82) is 0 Å². The molecule has 0 fully saturated rings. The molecule has 0 amide bonds. The Morgan fingerprint density at radius 1 is 1.22 bits per heavy atom. The highest BCUT2D eigenvalue weighted by atomic mass is 127. The maximum atomic E-state index is 4.37. The largest absolute Gasteiger partial charge is 0.356 e. The minimum absolute atomic E-state index is 0. The average Bonchev–Trinajstić information content (AvgIpc) is 2.77. The van der Waals surface area contributed by atoms with Gasteiger partial charge in [0.25, 0.3) is 0 Å². The minimum Gasteiger partial charge on any atom is -0.356 e. The van der Waals surface area contributed by atoms with E-state index < -0.39 is 0 Å². The van der Waals surface area contributed by atoms with Crippen LogP contribution in [0.3, 0.4) is 0 Å². The predicted octanol–water partition coefficient (Wildman–Crippen LogP) is 2.08. The first-order valence-electron chi connectivity index (χ1n) is 8.19. The molecule has 0 atom stereocenters. The molecule has 2 N–H and O–H groups in total. The lowest BCUT2D eigenvalue weighted by Gasteiger charge is -2.11. The van der Waals surface area contributed by atoms with Gasteiger partial charge < -0.3 is 15.2 Å². The van der Waals surface area contributed by atoms with Gasteiger partial charge in [-0.3, -0.25) is 4.99 Å². The molecule has 1 aromatic heterocycles. The van der Waals surface area contributed by atoms with Gasteiger partial charge in [0.1, 0.15) is 11.6 Å². The molecule has 1 aliphatic heterocycles. The normalized spacial score (nSPS) is 14.6. The molecular formula is C15H29IN6S. The number of halogens is 1. The number of aromatic nitrogens is 3. The Labute approximate surface area is 160 Å². The molecule has 0 saturated heterocycles. The number of hydrogen-bond acceptors (Lipinski definition) is 4. The first-order valence-corrected chi connectivity index (χ1v) is 9.59. The number of aryl methyl sites for hydroxylation is 2. The SMILES string of the molecule is CN=C(NCCCc1nnc2n1CCCCC2)NCCSC.I. The molecule has 0 bridgehead atoms. The lowest BCUT2D eigenvalue weighted by molar-refractivity contribution is 0.594. The Morgan fingerprint density at radius 3 is 2.83 bits per heavy atom. The van der Waals surface area contributed by atoms with Gasteiger partial charge in [0, 0.05) is 45.3 Å². The number of thioether (sulfide) groups is 1. The van der Waals surface area contributed by atoms with E-state index in [1.54, 1.807) is 0 Å². The molecule has 23 heavy (non-hydrogen) atoms. The Balaban J connectivity index is 0.00000264. The van der Waals surface area contributed by atoms with Gasteiger partial charge in [0.2, 0.25) is 0 Å². The van der Waals surface area contributed by atoms with Crippen molar-refractivity contribution >= 4 is 41.7 Å². The highest BCUT2D eigenvalue weighted by Crippen LogP contribution is 2.15. The lowest BCUT2D eigenvalue weighted by atomic mass is 10.2. The lowest BCUT2D eigenvalue weighted by Crippen LogP contribution is -2.38. The molecule has 2 rings (SSSR count). The van der Waals surface area contributed by atoms with Crippen molar-refractivity contribution in [1.82, 2.24) is 25.4 Å². The van der Waals surface area contributed by atoms with Gasteiger partial charge in [0.05, 0.1) is 0 Å². The summed E-state index contributed by atoms with van der Waals surface area (Å²) >= 11 is 1.83. The minimum atomic E-state index is 0. The third kappa shape index (κ3) is 6.86. The molecule has 6 nitrogen and oxygen atoms in total. The van der Waals surface area contributed by atoms with E-state index in [-0.39, 0.29) is 24.0 Å². The van der Waals surface area contributed by atoms with Gasteiger partial charge in [-0.2, -0.15) is 11.8 Å². The van der Waals surface area contributed by atoms with Crippen LogP contribution in [0.4, 0.5) is 0 Å². The summed E-state index contributed by atoms with van der Waals surface area (Å²) in [7, 11) is 1.81. The number of nitrogens with zero attached hydrogens (tertiary/aromatic N) is 4. The molecule has 8 heteroatoms. The zero-order valence-electron chi connectivity index (χ0n) is 14.2. The van der Waals surface area contributed by atoms with Crippen LogP contribution in [0.25, 0.3) is 0 Å². The van der Waals surface area contributed by atoms with Crippen molar-refractivity contribution in [2.45, 2.75) is 45.1 Å². The Morgan fingerprint density at radius 2 is 2.04 bits per heavy atom. The van der Waals surface area contributed by atoms with Crippen LogP contribution in [0.5, 0.6) is 0 Å². The molecule has 0 radical (unpaired) electrons. The van der Waals surface area contributed by atoms with Crippen LogP contribution >= 0.6 is 35.7 Å². The van der Waals surface area contributed by atoms with E-state index in [0.717, 1.165) is 56.4 Å². The van der Waals surface area contributed by atoms with Crippen molar-refractivity contribution in [3.63, 3.8) is 0 Å². The fourth-order valence-corrected chi connectivity index (χ4v) is 2.98. The van der Waals surface area contributed by atoms with E-state index in [2.05, 4.69) is 36.6 Å². The molecule has 0 aliphatic carbocycles. The van der Waals surface area contributed by atoms with Gasteiger partial charge in [0.15, 0.2) is 5.96 Å². The number of aliphatic imine (C=N–C) groups is 1. The zero-order chi connectivity index (χ0) is 15.6. The van der Waals surface area contributed by atoms with E-state index >= 15 is 0 Å². The number of hydrogen-bond donors (Lipinski definition) is 2. The summed E-state index contributed by atoms with van der Waals surface area (Å²) in [5.74, 6) is 4.29. The first kappa shape index (κ1) is 20.5. The second kappa shape index (κ2) is 11.9. The molecule has 132 valence electrons. The van der Waals surface area contributed by atoms with Gasteiger partial charge in [-0.25, -0.2) is 0 Å². The van der Waals surface area contributed by atoms with Gasteiger partial charge in [-0.1, -0.05) is 6.42 Å². The molecule has 1 aromatic rings. The molecule has 2 heterocycles. The Hall–Kier alpha value is -0.510. The molecule has 0 spiro atoms. The quantitative estimate of drug-likeness (QED) is 0.287. The summed E-state index contributed by atoms with van der Waals surface area (Å²) in [6, 6.07) is 0. The number of guanidine groups is 1. The van der Waals surface area contributed by atoms with Crippen molar-refractivity contribution in [3.05, 3.63) is 11.6 Å². The third-order valence-electron chi connectivity index (χ3n) is 3.88. The third-order valence-corrected chi connectivity index (χ3v) is 4.49. The number of nitrogens with one attached hydrogen (secondary N) is 2. The van der Waals surface area contributed by atoms with Gasteiger partial charge in [-0.05, 0) is 25.5 Å². The van der Waals surface area contributed by atoms with Crippen LogP contribution < -0.4 is 10.6 Å². The first-order chi connectivity index (χ1) is 10.8. The molecule has 0 unspecified atom stereocenters. The van der Waals surface area contributed by atoms with E-state index in [0.29, 0.717) is 0 Å².